The van der Waals surface area contributed by atoms with Crippen molar-refractivity contribution in [3.8, 4) is 0 Å². The number of amides is 1. The molecular formula is C20H14ClNO3S2. The van der Waals surface area contributed by atoms with Gasteiger partial charge in [0, 0.05) is 15.3 Å². The lowest BCUT2D eigenvalue weighted by Crippen LogP contribution is -2.27. The number of hydrogen-bond donors (Lipinski definition) is 2. The molecular weight excluding hydrogens is 402 g/mol. The van der Waals surface area contributed by atoms with Crippen LogP contribution in [0, 0.1) is 0 Å². The molecule has 0 saturated heterocycles. The van der Waals surface area contributed by atoms with Crippen molar-refractivity contribution in [3.05, 3.63) is 87.9 Å². The monoisotopic (exact) mass is 415 g/mol. The number of carbonyl (C=O) groups excluding carboxylic acids is 1. The zero-order chi connectivity index (χ0) is 19.2. The number of thiophene rings is 1. The van der Waals surface area contributed by atoms with Crippen LogP contribution >= 0.6 is 34.7 Å². The second-order valence-electron chi connectivity index (χ2n) is 5.37. The molecule has 1 amide bonds. The van der Waals surface area contributed by atoms with Gasteiger partial charge in [-0.15, -0.1) is 11.3 Å². The predicted molar refractivity (Wildman–Crippen MR) is 109 cm³/mol. The van der Waals surface area contributed by atoms with Gasteiger partial charge in [0.1, 0.15) is 5.70 Å². The van der Waals surface area contributed by atoms with Crippen LogP contribution in [0.15, 0.2) is 81.5 Å². The molecule has 1 aromatic heterocycles. The Morgan fingerprint density at radius 3 is 2.41 bits per heavy atom. The number of hydrogen-bond acceptors (Lipinski definition) is 4. The molecule has 0 bridgehead atoms. The van der Waals surface area contributed by atoms with Gasteiger partial charge < -0.3 is 10.4 Å². The van der Waals surface area contributed by atoms with Crippen LogP contribution in [0.25, 0.3) is 6.08 Å². The van der Waals surface area contributed by atoms with Gasteiger partial charge in [-0.3, -0.25) is 4.79 Å². The van der Waals surface area contributed by atoms with Crippen molar-refractivity contribution in [2.24, 2.45) is 0 Å². The summed E-state index contributed by atoms with van der Waals surface area (Å²) in [6, 6.07) is 19.7. The van der Waals surface area contributed by atoms with Crippen molar-refractivity contribution < 1.29 is 14.7 Å². The third-order valence-electron chi connectivity index (χ3n) is 3.45. The van der Waals surface area contributed by atoms with Crippen LogP contribution in [-0.4, -0.2) is 17.0 Å². The largest absolute Gasteiger partial charge is 0.477 e. The number of carboxylic acid groups (broad SMARTS) is 1. The molecule has 3 aromatic rings. The Bertz CT molecular complexity index is 999. The Morgan fingerprint density at radius 1 is 1.00 bits per heavy atom. The van der Waals surface area contributed by atoms with Crippen LogP contribution in [0.3, 0.4) is 0 Å². The van der Waals surface area contributed by atoms with Crippen molar-refractivity contribution in [3.63, 3.8) is 0 Å². The molecule has 0 atom stereocenters. The summed E-state index contributed by atoms with van der Waals surface area (Å²) in [7, 11) is 0. The number of benzene rings is 2. The van der Waals surface area contributed by atoms with E-state index in [0.717, 1.165) is 14.0 Å². The molecule has 0 aliphatic heterocycles. The maximum Gasteiger partial charge on any atom is 0.352 e. The van der Waals surface area contributed by atoms with E-state index in [0.29, 0.717) is 10.6 Å². The van der Waals surface area contributed by atoms with Crippen molar-refractivity contribution in [2.45, 2.75) is 9.10 Å². The van der Waals surface area contributed by atoms with E-state index in [2.05, 4.69) is 5.32 Å². The SMILES string of the molecule is O=C(O)/C(=C\c1ccc(Sc2ccccc2Cl)s1)NC(=O)c1ccccc1. The van der Waals surface area contributed by atoms with Gasteiger partial charge in [0.2, 0.25) is 0 Å². The fourth-order valence-electron chi connectivity index (χ4n) is 2.18. The molecule has 0 saturated carbocycles. The molecule has 0 fully saturated rings. The first-order valence-corrected chi connectivity index (χ1v) is 9.87. The number of carboxylic acids is 1. The zero-order valence-electron chi connectivity index (χ0n) is 13.9. The topological polar surface area (TPSA) is 66.4 Å². The van der Waals surface area contributed by atoms with E-state index in [1.807, 2.05) is 36.4 Å². The van der Waals surface area contributed by atoms with E-state index in [1.54, 1.807) is 30.3 Å². The summed E-state index contributed by atoms with van der Waals surface area (Å²) in [5.41, 5.74) is 0.214. The summed E-state index contributed by atoms with van der Waals surface area (Å²) in [6.07, 6.45) is 1.45. The molecule has 2 aromatic carbocycles. The van der Waals surface area contributed by atoms with E-state index in [1.165, 1.54) is 29.2 Å². The van der Waals surface area contributed by atoms with Crippen LogP contribution in [0.4, 0.5) is 0 Å². The summed E-state index contributed by atoms with van der Waals surface area (Å²) in [6.45, 7) is 0. The number of halogens is 1. The van der Waals surface area contributed by atoms with Crippen LogP contribution in [-0.2, 0) is 4.79 Å². The molecule has 0 aliphatic rings. The molecule has 3 rings (SSSR count). The van der Waals surface area contributed by atoms with Crippen molar-refractivity contribution in [1.29, 1.82) is 0 Å². The Labute approximate surface area is 169 Å². The highest BCUT2D eigenvalue weighted by atomic mass is 35.5. The number of carbonyl (C=O) groups is 2. The molecule has 4 nitrogen and oxygen atoms in total. The van der Waals surface area contributed by atoms with Crippen molar-refractivity contribution >= 4 is 52.7 Å². The first kappa shape index (κ1) is 19.2. The minimum atomic E-state index is -1.20. The second kappa shape index (κ2) is 8.90. The quantitative estimate of drug-likeness (QED) is 0.528. The van der Waals surface area contributed by atoms with Gasteiger partial charge in [-0.25, -0.2) is 4.79 Å². The number of aliphatic carboxylic acids is 1. The lowest BCUT2D eigenvalue weighted by atomic mass is 10.2. The molecule has 27 heavy (non-hydrogen) atoms. The van der Waals surface area contributed by atoms with Gasteiger partial charge in [0.25, 0.3) is 5.91 Å². The highest BCUT2D eigenvalue weighted by Crippen LogP contribution is 2.37. The third kappa shape index (κ3) is 5.23. The zero-order valence-corrected chi connectivity index (χ0v) is 16.3. The summed E-state index contributed by atoms with van der Waals surface area (Å²) in [5, 5.41) is 12.5. The number of nitrogens with one attached hydrogen (secondary N) is 1. The fraction of sp³-hybridized carbons (Fsp3) is 0. The standard InChI is InChI=1S/C20H14ClNO3S2/c21-15-8-4-5-9-17(15)27-18-11-10-14(26-18)12-16(20(24)25)22-19(23)13-6-2-1-3-7-13/h1-12H,(H,22,23)(H,24,25)/b16-12+. The second-order valence-corrected chi connectivity index (χ2v) is 8.24. The van der Waals surface area contributed by atoms with E-state index in [4.69, 9.17) is 11.6 Å². The van der Waals surface area contributed by atoms with Gasteiger partial charge in [-0.1, -0.05) is 53.7 Å². The van der Waals surface area contributed by atoms with Gasteiger partial charge in [0.15, 0.2) is 0 Å². The maximum absolute atomic E-state index is 12.2. The van der Waals surface area contributed by atoms with Gasteiger partial charge >= 0.3 is 5.97 Å². The predicted octanol–water partition coefficient (Wildman–Crippen LogP) is 5.41. The average Bonchev–Trinajstić information content (AvgIpc) is 3.10. The minimum Gasteiger partial charge on any atom is -0.477 e. The van der Waals surface area contributed by atoms with Crippen molar-refractivity contribution in [1.82, 2.24) is 5.32 Å². The summed E-state index contributed by atoms with van der Waals surface area (Å²) in [4.78, 5) is 25.4. The third-order valence-corrected chi connectivity index (χ3v) is 6.13. The highest BCUT2D eigenvalue weighted by Gasteiger charge is 2.14. The molecule has 0 unspecified atom stereocenters. The molecule has 7 heteroatoms. The lowest BCUT2D eigenvalue weighted by Gasteiger charge is -2.05. The minimum absolute atomic E-state index is 0.181. The summed E-state index contributed by atoms with van der Waals surface area (Å²) in [5.74, 6) is -1.67. The van der Waals surface area contributed by atoms with E-state index < -0.39 is 11.9 Å². The van der Waals surface area contributed by atoms with E-state index in [9.17, 15) is 14.7 Å². The Morgan fingerprint density at radius 2 is 1.70 bits per heavy atom. The Kier molecular flexibility index (Phi) is 6.34. The lowest BCUT2D eigenvalue weighted by molar-refractivity contribution is -0.132. The molecule has 0 aliphatic carbocycles. The van der Waals surface area contributed by atoms with E-state index in [-0.39, 0.29) is 5.70 Å². The smallest absolute Gasteiger partial charge is 0.352 e. The van der Waals surface area contributed by atoms with Crippen molar-refractivity contribution in [2.75, 3.05) is 0 Å². The van der Waals surface area contributed by atoms with Crippen LogP contribution < -0.4 is 5.32 Å². The van der Waals surface area contributed by atoms with Crippen LogP contribution in [0.2, 0.25) is 5.02 Å². The molecule has 136 valence electrons. The van der Waals surface area contributed by atoms with Crippen LogP contribution in [0.5, 0.6) is 0 Å². The Balaban J connectivity index is 1.77. The summed E-state index contributed by atoms with van der Waals surface area (Å²) < 4.78 is 0.966. The highest BCUT2D eigenvalue weighted by molar-refractivity contribution is 8.01. The molecule has 0 radical (unpaired) electrons. The molecule has 0 spiro atoms. The number of rotatable bonds is 6. The molecule has 2 N–H and O–H groups in total. The normalized spacial score (nSPS) is 11.2. The summed E-state index contributed by atoms with van der Waals surface area (Å²) >= 11 is 9.09. The van der Waals surface area contributed by atoms with Crippen LogP contribution in [0.1, 0.15) is 15.2 Å². The van der Waals surface area contributed by atoms with Gasteiger partial charge in [-0.05, 0) is 42.5 Å². The molecule has 1 heterocycles. The first-order valence-electron chi connectivity index (χ1n) is 7.86. The van der Waals surface area contributed by atoms with Gasteiger partial charge in [0.05, 0.1) is 9.23 Å². The van der Waals surface area contributed by atoms with Gasteiger partial charge in [-0.2, -0.15) is 0 Å². The maximum atomic E-state index is 12.2. The average molecular weight is 416 g/mol. The van der Waals surface area contributed by atoms with E-state index >= 15 is 0 Å². The fourth-order valence-corrected chi connectivity index (χ4v) is 4.50. The Hall–Kier alpha value is -2.54. The first-order chi connectivity index (χ1) is 13.0.